The number of rotatable bonds is 6. The molecule has 0 spiro atoms. The number of nitrogens with one attached hydrogen (secondary N) is 2. The Labute approximate surface area is 207 Å². The predicted octanol–water partition coefficient (Wildman–Crippen LogP) is 5.79. The molecule has 5 aliphatic rings. The zero-order valence-corrected chi connectivity index (χ0v) is 20.1. The lowest BCUT2D eigenvalue weighted by molar-refractivity contribution is 0.756. The molecule has 2 aromatic carbocycles. The zero-order chi connectivity index (χ0) is 23.2. The van der Waals surface area contributed by atoms with Crippen LogP contribution in [0.4, 0.5) is 0 Å². The highest BCUT2D eigenvalue weighted by Gasteiger charge is 2.31. The third-order valence-electron chi connectivity index (χ3n) is 8.19. The minimum absolute atomic E-state index is 0.322. The summed E-state index contributed by atoms with van der Waals surface area (Å²) in [5, 5.41) is 7.21. The van der Waals surface area contributed by atoms with Gasteiger partial charge in [-0.25, -0.2) is 0 Å². The highest BCUT2D eigenvalue weighted by atomic mass is 15.0. The van der Waals surface area contributed by atoms with E-state index in [1.54, 1.807) is 5.57 Å². The maximum Gasteiger partial charge on any atom is 0.0650 e. The Kier molecular flexibility index (Phi) is 5.37. The molecule has 176 valence electrons. The molecular formula is C31H32N4. The molecule has 7 rings (SSSR count). The van der Waals surface area contributed by atoms with Crippen LogP contribution in [0.3, 0.4) is 0 Å². The van der Waals surface area contributed by atoms with Gasteiger partial charge in [0.05, 0.1) is 6.04 Å². The third kappa shape index (κ3) is 4.26. The van der Waals surface area contributed by atoms with Gasteiger partial charge in [0, 0.05) is 49.3 Å². The molecule has 1 saturated carbocycles. The summed E-state index contributed by atoms with van der Waals surface area (Å²) in [6, 6.07) is 18.7. The Hall–Kier alpha value is -3.08. The molecule has 2 N–H and O–H groups in total. The minimum atomic E-state index is 0.322. The van der Waals surface area contributed by atoms with Gasteiger partial charge in [0.25, 0.3) is 0 Å². The number of benzene rings is 2. The molecule has 2 fully saturated rings. The molecule has 4 nitrogen and oxygen atoms in total. The summed E-state index contributed by atoms with van der Waals surface area (Å²) in [5.41, 5.74) is 11.9. The number of aliphatic imine (C=N–C) groups is 2. The van der Waals surface area contributed by atoms with Crippen molar-refractivity contribution in [1.82, 2.24) is 10.6 Å². The van der Waals surface area contributed by atoms with Crippen LogP contribution in [-0.4, -0.2) is 36.6 Å². The first-order valence-electron chi connectivity index (χ1n) is 13.2. The zero-order valence-electron chi connectivity index (χ0n) is 20.1. The quantitative estimate of drug-likeness (QED) is 0.537. The second kappa shape index (κ2) is 8.85. The van der Waals surface area contributed by atoms with Crippen LogP contribution in [0.25, 0.3) is 22.3 Å². The Balaban J connectivity index is 0.980. The van der Waals surface area contributed by atoms with Crippen molar-refractivity contribution in [3.8, 4) is 11.1 Å². The van der Waals surface area contributed by atoms with Gasteiger partial charge in [-0.2, -0.15) is 0 Å². The smallest absolute Gasteiger partial charge is 0.0650 e. The number of nitrogens with zero attached hydrogens (tertiary/aromatic N) is 2. The molecule has 2 atom stereocenters. The molecule has 0 aromatic heterocycles. The van der Waals surface area contributed by atoms with Crippen LogP contribution >= 0.6 is 0 Å². The minimum Gasteiger partial charge on any atom is -0.309 e. The maximum atomic E-state index is 4.78. The van der Waals surface area contributed by atoms with Crippen LogP contribution in [0, 0.1) is 5.92 Å². The van der Waals surface area contributed by atoms with Gasteiger partial charge >= 0.3 is 0 Å². The Morgan fingerprint density at radius 3 is 1.86 bits per heavy atom. The molecule has 4 heterocycles. The van der Waals surface area contributed by atoms with Crippen molar-refractivity contribution in [1.29, 1.82) is 0 Å². The van der Waals surface area contributed by atoms with Crippen molar-refractivity contribution >= 4 is 22.6 Å². The van der Waals surface area contributed by atoms with E-state index >= 15 is 0 Å². The molecule has 4 aliphatic heterocycles. The first-order valence-corrected chi connectivity index (χ1v) is 13.2. The standard InChI is InChI=1S/C31H32N4/c1-2-28(32-13-1)29-14-25(17-33-29)22-7-3-20(4-8-22)21-5-9-23(10-6-21)26-15-30(34-18-26)31-16-27(19-35-31)24-11-12-24/h3-10,16-18,24,28,31-32,35H,1-2,11-15,19H2/t28-,31-/m0/s1. The van der Waals surface area contributed by atoms with E-state index < -0.39 is 0 Å². The lowest BCUT2D eigenvalue weighted by atomic mass is 9.95. The molecule has 0 bridgehead atoms. The fourth-order valence-corrected chi connectivity index (χ4v) is 5.88. The van der Waals surface area contributed by atoms with Crippen molar-refractivity contribution in [2.24, 2.45) is 15.9 Å². The van der Waals surface area contributed by atoms with Crippen molar-refractivity contribution in [3.05, 3.63) is 83.7 Å². The van der Waals surface area contributed by atoms with Gasteiger partial charge in [0.2, 0.25) is 0 Å². The fourth-order valence-electron chi connectivity index (χ4n) is 5.88. The Morgan fingerprint density at radius 1 is 0.657 bits per heavy atom. The van der Waals surface area contributed by atoms with Crippen LogP contribution in [0.2, 0.25) is 0 Å². The van der Waals surface area contributed by atoms with Crippen LogP contribution in [0.5, 0.6) is 0 Å². The van der Waals surface area contributed by atoms with E-state index in [4.69, 9.17) is 9.98 Å². The summed E-state index contributed by atoms with van der Waals surface area (Å²) in [6.07, 6.45) is 13.7. The summed E-state index contributed by atoms with van der Waals surface area (Å²) in [4.78, 5) is 9.50. The van der Waals surface area contributed by atoms with Gasteiger partial charge < -0.3 is 10.6 Å². The topological polar surface area (TPSA) is 48.8 Å². The second-order valence-corrected chi connectivity index (χ2v) is 10.6. The molecular weight excluding hydrogens is 428 g/mol. The average molecular weight is 461 g/mol. The summed E-state index contributed by atoms with van der Waals surface area (Å²) in [6.45, 7) is 2.16. The van der Waals surface area contributed by atoms with Crippen molar-refractivity contribution in [2.75, 3.05) is 13.1 Å². The molecule has 4 heteroatoms. The Bertz CT molecular complexity index is 1280. The van der Waals surface area contributed by atoms with Crippen LogP contribution in [-0.2, 0) is 0 Å². The summed E-state index contributed by atoms with van der Waals surface area (Å²) >= 11 is 0. The lowest BCUT2D eigenvalue weighted by Crippen LogP contribution is -2.30. The molecule has 0 radical (unpaired) electrons. The first kappa shape index (κ1) is 21.2. The summed E-state index contributed by atoms with van der Waals surface area (Å²) in [7, 11) is 0. The van der Waals surface area contributed by atoms with Gasteiger partial charge in [-0.15, -0.1) is 0 Å². The Morgan fingerprint density at radius 2 is 1.26 bits per heavy atom. The van der Waals surface area contributed by atoms with Gasteiger partial charge in [-0.05, 0) is 71.5 Å². The van der Waals surface area contributed by atoms with E-state index in [1.807, 2.05) is 0 Å². The predicted molar refractivity (Wildman–Crippen MR) is 146 cm³/mol. The third-order valence-corrected chi connectivity index (χ3v) is 8.19. The van der Waals surface area contributed by atoms with E-state index in [-0.39, 0.29) is 0 Å². The highest BCUT2D eigenvalue weighted by Crippen LogP contribution is 2.38. The molecule has 35 heavy (non-hydrogen) atoms. The van der Waals surface area contributed by atoms with Crippen LogP contribution < -0.4 is 10.6 Å². The SMILES string of the molecule is C1=C(c2ccc(-c3ccc(C4=CN=C([C@@H]5CCCN5)C4)cc3)cc2)CC([C@@H]2C=C(C3CC3)CN2)=N1. The van der Waals surface area contributed by atoms with Gasteiger partial charge in [-0.1, -0.05) is 60.2 Å². The first-order chi connectivity index (χ1) is 17.3. The normalized spacial score (nSPS) is 25.9. The van der Waals surface area contributed by atoms with Gasteiger partial charge in [0.1, 0.15) is 0 Å². The number of hydrogen-bond donors (Lipinski definition) is 2. The van der Waals surface area contributed by atoms with Crippen molar-refractivity contribution < 1.29 is 0 Å². The van der Waals surface area contributed by atoms with E-state index in [2.05, 4.69) is 77.6 Å². The lowest BCUT2D eigenvalue weighted by Gasteiger charge is -2.11. The summed E-state index contributed by atoms with van der Waals surface area (Å²) in [5.74, 6) is 0.846. The monoisotopic (exact) mass is 460 g/mol. The molecule has 1 aliphatic carbocycles. The van der Waals surface area contributed by atoms with E-state index in [0.717, 1.165) is 31.8 Å². The van der Waals surface area contributed by atoms with Gasteiger partial charge in [-0.3, -0.25) is 9.98 Å². The van der Waals surface area contributed by atoms with Crippen molar-refractivity contribution in [2.45, 2.75) is 50.6 Å². The second-order valence-electron chi connectivity index (χ2n) is 10.6. The molecule has 0 amide bonds. The average Bonchev–Trinajstić information content (AvgIpc) is 3.43. The maximum absolute atomic E-state index is 4.78. The molecule has 1 saturated heterocycles. The van der Waals surface area contributed by atoms with Crippen molar-refractivity contribution in [3.63, 3.8) is 0 Å². The number of allylic oxidation sites excluding steroid dienone is 2. The fraction of sp³-hybridized carbons (Fsp3) is 0.355. The number of hydrogen-bond acceptors (Lipinski definition) is 4. The van der Waals surface area contributed by atoms with E-state index in [0.29, 0.717) is 12.1 Å². The van der Waals surface area contributed by atoms with E-state index in [9.17, 15) is 0 Å². The van der Waals surface area contributed by atoms with E-state index in [1.165, 1.54) is 70.5 Å². The van der Waals surface area contributed by atoms with Gasteiger partial charge in [0.15, 0.2) is 0 Å². The summed E-state index contributed by atoms with van der Waals surface area (Å²) < 4.78 is 0. The van der Waals surface area contributed by atoms with Crippen LogP contribution in [0.15, 0.2) is 82.6 Å². The molecule has 2 aromatic rings. The van der Waals surface area contributed by atoms with Crippen LogP contribution in [0.1, 0.15) is 49.7 Å². The highest BCUT2D eigenvalue weighted by molar-refractivity contribution is 6.03. The largest absolute Gasteiger partial charge is 0.309 e. The molecule has 0 unspecified atom stereocenters.